The highest BCUT2D eigenvalue weighted by atomic mass is 35.5. The Labute approximate surface area is 141 Å². The van der Waals surface area contributed by atoms with Crippen LogP contribution in [0.5, 0.6) is 0 Å². The molecular weight excluding hydrogens is 314 g/mol. The van der Waals surface area contributed by atoms with Gasteiger partial charge in [-0.25, -0.2) is 0 Å². The molecule has 0 fully saturated rings. The Balaban J connectivity index is 2.19. The number of carbonyl (C=O) groups excluding carboxylic acids is 1. The minimum Gasteiger partial charge on any atom is -0.394 e. The number of aromatic amines is 1. The van der Waals surface area contributed by atoms with Crippen molar-refractivity contribution in [2.75, 3.05) is 6.61 Å². The molecule has 0 bridgehead atoms. The van der Waals surface area contributed by atoms with Crippen LogP contribution in [0.2, 0.25) is 5.02 Å². The lowest BCUT2D eigenvalue weighted by Crippen LogP contribution is -2.41. The molecule has 6 heteroatoms. The number of rotatable bonds is 6. The number of amides is 1. The van der Waals surface area contributed by atoms with Crippen LogP contribution in [0.4, 0.5) is 0 Å². The number of carbonyl (C=O) groups is 1. The van der Waals surface area contributed by atoms with Gasteiger partial charge in [-0.05, 0) is 25.0 Å². The van der Waals surface area contributed by atoms with Crippen molar-refractivity contribution in [1.82, 2.24) is 15.5 Å². The lowest BCUT2D eigenvalue weighted by molar-refractivity contribution is -0.121. The summed E-state index contributed by atoms with van der Waals surface area (Å²) in [4.78, 5) is 12.3. The first-order valence-electron chi connectivity index (χ1n) is 7.62. The molecule has 124 valence electrons. The standard InChI is InChI=1S/C17H22ClN3O2/c1-10(2)15(9-22)19-16(23)8-14-11(3)20-21-17(14)12-4-6-13(18)7-5-12/h4-7,10,15,22H,8-9H2,1-3H3,(H,19,23)(H,20,21)/t15-/m0/s1. The van der Waals surface area contributed by atoms with Crippen LogP contribution in [0.1, 0.15) is 25.1 Å². The maximum absolute atomic E-state index is 12.3. The molecule has 1 atom stereocenters. The first-order chi connectivity index (χ1) is 10.9. The average molecular weight is 336 g/mol. The molecule has 2 aromatic rings. The summed E-state index contributed by atoms with van der Waals surface area (Å²) >= 11 is 5.92. The zero-order valence-corrected chi connectivity index (χ0v) is 14.3. The van der Waals surface area contributed by atoms with Crippen molar-refractivity contribution in [1.29, 1.82) is 0 Å². The summed E-state index contributed by atoms with van der Waals surface area (Å²) < 4.78 is 0. The van der Waals surface area contributed by atoms with E-state index in [9.17, 15) is 9.90 Å². The number of aromatic nitrogens is 2. The van der Waals surface area contributed by atoms with Crippen LogP contribution in [0, 0.1) is 12.8 Å². The molecule has 1 heterocycles. The predicted molar refractivity (Wildman–Crippen MR) is 91.3 cm³/mol. The monoisotopic (exact) mass is 335 g/mol. The van der Waals surface area contributed by atoms with Gasteiger partial charge in [0.25, 0.3) is 0 Å². The van der Waals surface area contributed by atoms with Crippen LogP contribution in [0.15, 0.2) is 24.3 Å². The number of hydrogen-bond acceptors (Lipinski definition) is 3. The SMILES string of the molecule is Cc1[nH]nc(-c2ccc(Cl)cc2)c1CC(=O)N[C@@H](CO)C(C)C. The summed E-state index contributed by atoms with van der Waals surface area (Å²) in [5.41, 5.74) is 3.36. The van der Waals surface area contributed by atoms with Crippen molar-refractivity contribution >= 4 is 17.5 Å². The number of aliphatic hydroxyl groups excluding tert-OH is 1. The Kier molecular flexibility index (Phi) is 5.80. The largest absolute Gasteiger partial charge is 0.394 e. The van der Waals surface area contributed by atoms with Gasteiger partial charge in [-0.1, -0.05) is 37.6 Å². The highest BCUT2D eigenvalue weighted by Gasteiger charge is 2.19. The molecule has 3 N–H and O–H groups in total. The highest BCUT2D eigenvalue weighted by molar-refractivity contribution is 6.30. The van der Waals surface area contributed by atoms with Crippen molar-refractivity contribution in [3.8, 4) is 11.3 Å². The first-order valence-corrected chi connectivity index (χ1v) is 8.00. The van der Waals surface area contributed by atoms with Gasteiger partial charge in [-0.3, -0.25) is 9.89 Å². The number of benzene rings is 1. The second-order valence-electron chi connectivity index (χ2n) is 5.96. The third kappa shape index (κ3) is 4.33. The Morgan fingerprint density at radius 1 is 1.35 bits per heavy atom. The minimum absolute atomic E-state index is 0.0716. The van der Waals surface area contributed by atoms with Crippen molar-refractivity contribution in [3.05, 3.63) is 40.5 Å². The third-order valence-corrected chi connectivity index (χ3v) is 4.13. The maximum Gasteiger partial charge on any atom is 0.224 e. The highest BCUT2D eigenvalue weighted by Crippen LogP contribution is 2.25. The quantitative estimate of drug-likeness (QED) is 0.759. The van der Waals surface area contributed by atoms with E-state index in [1.165, 1.54) is 0 Å². The van der Waals surface area contributed by atoms with Gasteiger partial charge >= 0.3 is 0 Å². The van der Waals surface area contributed by atoms with Gasteiger partial charge < -0.3 is 10.4 Å². The third-order valence-electron chi connectivity index (χ3n) is 3.88. The summed E-state index contributed by atoms with van der Waals surface area (Å²) in [6.07, 6.45) is 0.212. The molecule has 0 aliphatic heterocycles. The van der Waals surface area contributed by atoms with Gasteiger partial charge in [-0.2, -0.15) is 5.10 Å². The molecule has 0 spiro atoms. The molecule has 0 aliphatic rings. The Hall–Kier alpha value is -1.85. The zero-order chi connectivity index (χ0) is 17.0. The second kappa shape index (κ2) is 7.62. The van der Waals surface area contributed by atoms with E-state index in [-0.39, 0.29) is 30.9 Å². The average Bonchev–Trinajstić information content (AvgIpc) is 2.86. The molecule has 1 aromatic carbocycles. The predicted octanol–water partition coefficient (Wildman–Crippen LogP) is 2.71. The molecule has 1 amide bonds. The molecular formula is C17H22ClN3O2. The number of nitrogens with zero attached hydrogens (tertiary/aromatic N) is 1. The van der Waals surface area contributed by atoms with E-state index in [1.807, 2.05) is 32.9 Å². The van der Waals surface area contributed by atoms with E-state index in [4.69, 9.17) is 11.6 Å². The van der Waals surface area contributed by atoms with Gasteiger partial charge in [-0.15, -0.1) is 0 Å². The number of halogens is 1. The van der Waals surface area contributed by atoms with Gasteiger partial charge in [0, 0.05) is 21.8 Å². The summed E-state index contributed by atoms with van der Waals surface area (Å²) in [5, 5.41) is 20.1. The van der Waals surface area contributed by atoms with E-state index < -0.39 is 0 Å². The summed E-state index contributed by atoms with van der Waals surface area (Å²) in [6, 6.07) is 7.11. The zero-order valence-electron chi connectivity index (χ0n) is 13.6. The molecule has 0 saturated carbocycles. The fraction of sp³-hybridized carbons (Fsp3) is 0.412. The molecule has 0 radical (unpaired) electrons. The van der Waals surface area contributed by atoms with Gasteiger partial charge in [0.1, 0.15) is 0 Å². The van der Waals surface area contributed by atoms with Crippen molar-refractivity contribution < 1.29 is 9.90 Å². The fourth-order valence-corrected chi connectivity index (χ4v) is 2.48. The normalized spacial score (nSPS) is 12.4. The molecule has 0 aliphatic carbocycles. The molecule has 5 nitrogen and oxygen atoms in total. The summed E-state index contributed by atoms with van der Waals surface area (Å²) in [6.45, 7) is 5.74. The molecule has 1 aromatic heterocycles. The number of aryl methyl sites for hydroxylation is 1. The maximum atomic E-state index is 12.3. The topological polar surface area (TPSA) is 78.0 Å². The van der Waals surface area contributed by atoms with Gasteiger partial charge in [0.2, 0.25) is 5.91 Å². The Morgan fingerprint density at radius 2 is 2.00 bits per heavy atom. The number of H-pyrrole nitrogens is 1. The van der Waals surface area contributed by atoms with E-state index >= 15 is 0 Å². The lowest BCUT2D eigenvalue weighted by atomic mass is 10.0. The minimum atomic E-state index is -0.242. The molecule has 23 heavy (non-hydrogen) atoms. The Morgan fingerprint density at radius 3 is 2.57 bits per heavy atom. The van der Waals surface area contributed by atoms with E-state index in [0.29, 0.717) is 5.02 Å². The van der Waals surface area contributed by atoms with Crippen LogP contribution in [-0.4, -0.2) is 33.9 Å². The van der Waals surface area contributed by atoms with Crippen molar-refractivity contribution in [2.45, 2.75) is 33.2 Å². The van der Waals surface area contributed by atoms with Gasteiger partial charge in [0.15, 0.2) is 0 Å². The van der Waals surface area contributed by atoms with Crippen LogP contribution in [0.25, 0.3) is 11.3 Å². The number of aliphatic hydroxyl groups is 1. The first kappa shape index (κ1) is 17.5. The smallest absolute Gasteiger partial charge is 0.224 e. The van der Waals surface area contributed by atoms with E-state index in [1.54, 1.807) is 12.1 Å². The molecule has 0 unspecified atom stereocenters. The second-order valence-corrected chi connectivity index (χ2v) is 6.40. The number of hydrogen-bond donors (Lipinski definition) is 3. The van der Waals surface area contributed by atoms with Crippen molar-refractivity contribution in [3.63, 3.8) is 0 Å². The molecule has 2 rings (SSSR count). The van der Waals surface area contributed by atoms with Crippen LogP contribution < -0.4 is 5.32 Å². The van der Waals surface area contributed by atoms with Crippen molar-refractivity contribution in [2.24, 2.45) is 5.92 Å². The van der Waals surface area contributed by atoms with E-state index in [2.05, 4.69) is 15.5 Å². The van der Waals surface area contributed by atoms with E-state index in [0.717, 1.165) is 22.5 Å². The van der Waals surface area contributed by atoms with Crippen LogP contribution >= 0.6 is 11.6 Å². The number of nitrogens with one attached hydrogen (secondary N) is 2. The fourth-order valence-electron chi connectivity index (χ4n) is 2.36. The summed E-state index contributed by atoms with van der Waals surface area (Å²) in [7, 11) is 0. The molecule has 0 saturated heterocycles. The Bertz CT molecular complexity index is 665. The van der Waals surface area contributed by atoms with Crippen LogP contribution in [0.3, 0.4) is 0 Å². The van der Waals surface area contributed by atoms with Gasteiger partial charge in [0.05, 0.1) is 24.8 Å². The summed E-state index contributed by atoms with van der Waals surface area (Å²) in [5.74, 6) is 0.0441. The lowest BCUT2D eigenvalue weighted by Gasteiger charge is -2.20. The van der Waals surface area contributed by atoms with Crippen LogP contribution in [-0.2, 0) is 11.2 Å².